The molecule has 0 saturated heterocycles. The Morgan fingerprint density at radius 1 is 1.33 bits per heavy atom. The van der Waals surface area contributed by atoms with Gasteiger partial charge in [0.1, 0.15) is 5.75 Å². The second-order valence-corrected chi connectivity index (χ2v) is 4.50. The minimum atomic E-state index is 0.0468. The van der Waals surface area contributed by atoms with Crippen LogP contribution in [0.25, 0.3) is 0 Å². The fourth-order valence-corrected chi connectivity index (χ4v) is 1.40. The Kier molecular flexibility index (Phi) is 5.98. The van der Waals surface area contributed by atoms with Crippen LogP contribution < -0.4 is 10.1 Å². The molecule has 1 N–H and O–H groups in total. The topological polar surface area (TPSA) is 38.3 Å². The van der Waals surface area contributed by atoms with Crippen LogP contribution in [0.3, 0.4) is 0 Å². The van der Waals surface area contributed by atoms with Gasteiger partial charge in [0, 0.05) is 13.0 Å². The number of carbonyl (C=O) groups excluding carboxylic acids is 1. The van der Waals surface area contributed by atoms with Crippen LogP contribution in [0, 0.1) is 6.92 Å². The molecule has 0 saturated carbocycles. The molecule has 0 aliphatic heterocycles. The summed E-state index contributed by atoms with van der Waals surface area (Å²) in [4.78, 5) is 11.4. The average Bonchev–Trinajstić information content (AvgIpc) is 2.34. The molecule has 0 radical (unpaired) electrons. The van der Waals surface area contributed by atoms with Crippen LogP contribution in [0.4, 0.5) is 0 Å². The molecule has 1 aromatic rings. The molecule has 0 aromatic heterocycles. The maximum absolute atomic E-state index is 11.4. The van der Waals surface area contributed by atoms with E-state index < -0.39 is 0 Å². The third kappa shape index (κ3) is 6.09. The Hall–Kier alpha value is -1.77. The second-order valence-electron chi connectivity index (χ2n) is 4.50. The van der Waals surface area contributed by atoms with Crippen molar-refractivity contribution in [1.29, 1.82) is 0 Å². The normalized spacial score (nSPS) is 9.89. The number of aryl methyl sites for hydroxylation is 1. The lowest BCUT2D eigenvalue weighted by atomic mass is 10.2. The summed E-state index contributed by atoms with van der Waals surface area (Å²) in [7, 11) is 0. The van der Waals surface area contributed by atoms with Crippen molar-refractivity contribution in [2.45, 2.75) is 26.7 Å². The van der Waals surface area contributed by atoms with Crippen LogP contribution in [-0.2, 0) is 4.79 Å². The zero-order chi connectivity index (χ0) is 13.4. The van der Waals surface area contributed by atoms with Crippen molar-refractivity contribution in [2.24, 2.45) is 0 Å². The van der Waals surface area contributed by atoms with Crippen molar-refractivity contribution >= 4 is 5.91 Å². The zero-order valence-electron chi connectivity index (χ0n) is 11.2. The van der Waals surface area contributed by atoms with E-state index in [0.717, 1.165) is 17.7 Å². The number of amides is 1. The molecule has 0 atom stereocenters. The Balaban J connectivity index is 2.13. The third-order valence-electron chi connectivity index (χ3n) is 2.43. The Labute approximate surface area is 109 Å². The van der Waals surface area contributed by atoms with Crippen molar-refractivity contribution in [3.63, 3.8) is 0 Å². The van der Waals surface area contributed by atoms with E-state index in [-0.39, 0.29) is 5.91 Å². The van der Waals surface area contributed by atoms with Crippen LogP contribution in [0.1, 0.15) is 25.3 Å². The van der Waals surface area contributed by atoms with Crippen molar-refractivity contribution in [3.05, 3.63) is 42.0 Å². The molecule has 1 rings (SSSR count). The number of rotatable bonds is 7. The van der Waals surface area contributed by atoms with E-state index >= 15 is 0 Å². The smallest absolute Gasteiger partial charge is 0.220 e. The molecule has 0 aliphatic rings. The Morgan fingerprint density at radius 2 is 2.00 bits per heavy atom. The van der Waals surface area contributed by atoms with Gasteiger partial charge in [-0.05, 0) is 32.4 Å². The number of benzene rings is 1. The first-order chi connectivity index (χ1) is 8.58. The predicted octanol–water partition coefficient (Wildman–Crippen LogP) is 2.85. The van der Waals surface area contributed by atoms with E-state index in [0.29, 0.717) is 19.6 Å². The molecule has 18 heavy (non-hydrogen) atoms. The van der Waals surface area contributed by atoms with Gasteiger partial charge < -0.3 is 10.1 Å². The summed E-state index contributed by atoms with van der Waals surface area (Å²) in [5, 5.41) is 2.79. The highest BCUT2D eigenvalue weighted by Crippen LogP contribution is 2.11. The van der Waals surface area contributed by atoms with Gasteiger partial charge in [-0.1, -0.05) is 29.8 Å². The minimum absolute atomic E-state index is 0.0468. The van der Waals surface area contributed by atoms with Crippen LogP contribution in [-0.4, -0.2) is 19.1 Å². The first kappa shape index (κ1) is 14.3. The van der Waals surface area contributed by atoms with E-state index in [2.05, 4.69) is 11.9 Å². The van der Waals surface area contributed by atoms with Gasteiger partial charge in [0.25, 0.3) is 0 Å². The lowest BCUT2D eigenvalue weighted by Gasteiger charge is -2.07. The maximum Gasteiger partial charge on any atom is 0.220 e. The van der Waals surface area contributed by atoms with Gasteiger partial charge in [0.05, 0.1) is 6.61 Å². The number of carbonyl (C=O) groups is 1. The quantitative estimate of drug-likeness (QED) is 0.594. The second kappa shape index (κ2) is 7.54. The fraction of sp³-hybridized carbons (Fsp3) is 0.400. The number of ether oxygens (including phenoxy) is 1. The lowest BCUT2D eigenvalue weighted by Crippen LogP contribution is -2.24. The molecule has 3 heteroatoms. The molecule has 3 nitrogen and oxygen atoms in total. The molecular formula is C15H21NO2. The minimum Gasteiger partial charge on any atom is -0.494 e. The molecule has 0 aliphatic carbocycles. The first-order valence-corrected chi connectivity index (χ1v) is 6.18. The molecule has 1 aromatic carbocycles. The molecule has 0 heterocycles. The Bertz CT molecular complexity index is 395. The number of nitrogens with one attached hydrogen (secondary N) is 1. The number of hydrogen-bond donors (Lipinski definition) is 1. The van der Waals surface area contributed by atoms with E-state index in [4.69, 9.17) is 4.74 Å². The fourth-order valence-electron chi connectivity index (χ4n) is 1.40. The molecule has 0 unspecified atom stereocenters. The summed E-state index contributed by atoms with van der Waals surface area (Å²) in [6.45, 7) is 8.77. The Morgan fingerprint density at radius 3 is 2.61 bits per heavy atom. The molecule has 0 spiro atoms. The van der Waals surface area contributed by atoms with Crippen LogP contribution in [0.15, 0.2) is 36.4 Å². The molecule has 0 bridgehead atoms. The van der Waals surface area contributed by atoms with Gasteiger partial charge in [-0.3, -0.25) is 4.79 Å². The highest BCUT2D eigenvalue weighted by Gasteiger charge is 2.00. The van der Waals surface area contributed by atoms with Gasteiger partial charge in [0.2, 0.25) is 5.91 Å². The van der Waals surface area contributed by atoms with Gasteiger partial charge in [-0.25, -0.2) is 0 Å². The van der Waals surface area contributed by atoms with Crippen molar-refractivity contribution in [1.82, 2.24) is 5.32 Å². The summed E-state index contributed by atoms with van der Waals surface area (Å²) < 4.78 is 5.54. The predicted molar refractivity (Wildman–Crippen MR) is 73.7 cm³/mol. The van der Waals surface area contributed by atoms with Crippen LogP contribution in [0.2, 0.25) is 0 Å². The van der Waals surface area contributed by atoms with Gasteiger partial charge in [-0.2, -0.15) is 0 Å². The zero-order valence-corrected chi connectivity index (χ0v) is 11.2. The van der Waals surface area contributed by atoms with E-state index in [1.54, 1.807) is 0 Å². The molecule has 1 amide bonds. The van der Waals surface area contributed by atoms with Gasteiger partial charge >= 0.3 is 0 Å². The standard InChI is InChI=1S/C15H21NO2/c1-12(2)11-16-15(17)5-4-10-18-14-8-6-13(3)7-9-14/h6-9H,1,4-5,10-11H2,2-3H3,(H,16,17). The summed E-state index contributed by atoms with van der Waals surface area (Å²) in [5.74, 6) is 0.897. The largest absolute Gasteiger partial charge is 0.494 e. The van der Waals surface area contributed by atoms with E-state index in [1.807, 2.05) is 38.1 Å². The third-order valence-corrected chi connectivity index (χ3v) is 2.43. The molecule has 98 valence electrons. The van der Waals surface area contributed by atoms with E-state index in [1.165, 1.54) is 5.56 Å². The van der Waals surface area contributed by atoms with Crippen LogP contribution >= 0.6 is 0 Å². The first-order valence-electron chi connectivity index (χ1n) is 6.18. The van der Waals surface area contributed by atoms with Crippen molar-refractivity contribution in [3.8, 4) is 5.75 Å². The summed E-state index contributed by atoms with van der Waals surface area (Å²) in [6.07, 6.45) is 1.20. The molecule has 0 fully saturated rings. The summed E-state index contributed by atoms with van der Waals surface area (Å²) in [6, 6.07) is 7.90. The van der Waals surface area contributed by atoms with Gasteiger partial charge in [0.15, 0.2) is 0 Å². The average molecular weight is 247 g/mol. The van der Waals surface area contributed by atoms with E-state index in [9.17, 15) is 4.79 Å². The lowest BCUT2D eigenvalue weighted by molar-refractivity contribution is -0.121. The highest BCUT2D eigenvalue weighted by atomic mass is 16.5. The monoisotopic (exact) mass is 247 g/mol. The van der Waals surface area contributed by atoms with Crippen molar-refractivity contribution in [2.75, 3.05) is 13.2 Å². The number of hydrogen-bond acceptors (Lipinski definition) is 2. The van der Waals surface area contributed by atoms with Crippen molar-refractivity contribution < 1.29 is 9.53 Å². The van der Waals surface area contributed by atoms with Gasteiger partial charge in [-0.15, -0.1) is 0 Å². The highest BCUT2D eigenvalue weighted by molar-refractivity contribution is 5.76. The summed E-state index contributed by atoms with van der Waals surface area (Å²) >= 11 is 0. The molecular weight excluding hydrogens is 226 g/mol. The summed E-state index contributed by atoms with van der Waals surface area (Å²) in [5.41, 5.74) is 2.17. The van der Waals surface area contributed by atoms with Crippen LogP contribution in [0.5, 0.6) is 5.75 Å². The maximum atomic E-state index is 11.4. The SMILES string of the molecule is C=C(C)CNC(=O)CCCOc1ccc(C)cc1.